The van der Waals surface area contributed by atoms with Gasteiger partial charge in [0.25, 0.3) is 0 Å². The van der Waals surface area contributed by atoms with Gasteiger partial charge in [-0.05, 0) is 42.8 Å². The standard InChI is InChI=1S/C19H25N5OS/c20-18(22-13-14-25-15-16-7-2-1-3-8-16)24-19(26)23-12-6-10-17-9-4-5-11-21-17/h1-5,7-9,11H,6,10,12-15H2,(H4,20,22,23,24,26). The Bertz CT molecular complexity index is 679. The fourth-order valence-electron chi connectivity index (χ4n) is 2.21. The highest BCUT2D eigenvalue weighted by molar-refractivity contribution is 7.80. The van der Waals surface area contributed by atoms with E-state index in [0.29, 0.717) is 24.9 Å². The number of nitrogens with one attached hydrogen (secondary N) is 2. The molecule has 0 aliphatic heterocycles. The first kappa shape index (κ1) is 19.8. The van der Waals surface area contributed by atoms with Crippen molar-refractivity contribution in [3.63, 3.8) is 0 Å². The zero-order valence-electron chi connectivity index (χ0n) is 14.7. The molecule has 0 bridgehead atoms. The summed E-state index contributed by atoms with van der Waals surface area (Å²) in [5.41, 5.74) is 8.02. The van der Waals surface area contributed by atoms with Gasteiger partial charge in [0.15, 0.2) is 11.1 Å². The third kappa shape index (κ3) is 8.55. The lowest BCUT2D eigenvalue weighted by Crippen LogP contribution is -2.43. The number of hydrogen-bond donors (Lipinski definition) is 3. The Morgan fingerprint density at radius 3 is 2.73 bits per heavy atom. The first-order valence-corrected chi connectivity index (χ1v) is 9.01. The van der Waals surface area contributed by atoms with Crippen molar-refractivity contribution in [3.05, 3.63) is 66.0 Å². The Balaban J connectivity index is 1.52. The molecule has 0 unspecified atom stereocenters. The number of aryl methyl sites for hydroxylation is 1. The van der Waals surface area contributed by atoms with Gasteiger partial charge in [-0.1, -0.05) is 36.4 Å². The molecule has 7 heteroatoms. The number of aliphatic imine (C=N–C) groups is 1. The number of guanidine groups is 1. The Kier molecular flexibility index (Phi) is 9.10. The molecule has 0 radical (unpaired) electrons. The second kappa shape index (κ2) is 11.9. The van der Waals surface area contributed by atoms with Crippen LogP contribution in [0.4, 0.5) is 0 Å². The molecular weight excluding hydrogens is 346 g/mol. The smallest absolute Gasteiger partial charge is 0.194 e. The maximum absolute atomic E-state index is 5.81. The lowest BCUT2D eigenvalue weighted by Gasteiger charge is -2.10. The van der Waals surface area contributed by atoms with E-state index >= 15 is 0 Å². The Hall–Kier alpha value is -2.51. The average molecular weight is 372 g/mol. The van der Waals surface area contributed by atoms with E-state index in [1.165, 1.54) is 0 Å². The molecule has 0 aliphatic carbocycles. The van der Waals surface area contributed by atoms with Crippen molar-refractivity contribution in [2.24, 2.45) is 10.7 Å². The van der Waals surface area contributed by atoms with Crippen LogP contribution in [0.5, 0.6) is 0 Å². The number of ether oxygens (including phenoxy) is 1. The first-order chi connectivity index (χ1) is 12.7. The van der Waals surface area contributed by atoms with E-state index in [9.17, 15) is 0 Å². The van der Waals surface area contributed by atoms with Crippen LogP contribution in [0.1, 0.15) is 17.7 Å². The van der Waals surface area contributed by atoms with E-state index in [4.69, 9.17) is 22.7 Å². The third-order valence-electron chi connectivity index (χ3n) is 3.49. The second-order valence-electron chi connectivity index (χ2n) is 5.61. The lowest BCUT2D eigenvalue weighted by molar-refractivity contribution is 0.128. The van der Waals surface area contributed by atoms with Gasteiger partial charge in [-0.2, -0.15) is 0 Å². The van der Waals surface area contributed by atoms with E-state index in [-0.39, 0.29) is 5.96 Å². The number of rotatable bonds is 9. The van der Waals surface area contributed by atoms with E-state index in [0.717, 1.165) is 30.6 Å². The van der Waals surface area contributed by atoms with Gasteiger partial charge in [-0.25, -0.2) is 0 Å². The van der Waals surface area contributed by atoms with Crippen LogP contribution in [0, 0.1) is 0 Å². The molecule has 0 atom stereocenters. The van der Waals surface area contributed by atoms with Crippen LogP contribution >= 0.6 is 12.2 Å². The Morgan fingerprint density at radius 1 is 1.15 bits per heavy atom. The summed E-state index contributed by atoms with van der Waals surface area (Å²) < 4.78 is 5.55. The fraction of sp³-hybridized carbons (Fsp3) is 0.316. The summed E-state index contributed by atoms with van der Waals surface area (Å²) in [6.45, 7) is 2.30. The quantitative estimate of drug-likeness (QED) is 0.271. The zero-order chi connectivity index (χ0) is 18.5. The molecule has 138 valence electrons. The van der Waals surface area contributed by atoms with Crippen molar-refractivity contribution < 1.29 is 4.74 Å². The molecule has 6 nitrogen and oxygen atoms in total. The van der Waals surface area contributed by atoms with Gasteiger partial charge in [-0.3, -0.25) is 9.98 Å². The van der Waals surface area contributed by atoms with Crippen LogP contribution < -0.4 is 16.4 Å². The molecule has 26 heavy (non-hydrogen) atoms. The summed E-state index contributed by atoms with van der Waals surface area (Å²) in [5, 5.41) is 6.44. The summed E-state index contributed by atoms with van der Waals surface area (Å²) >= 11 is 5.20. The van der Waals surface area contributed by atoms with Crippen LogP contribution in [0.15, 0.2) is 59.7 Å². The van der Waals surface area contributed by atoms with Crippen molar-refractivity contribution in [2.75, 3.05) is 19.7 Å². The zero-order valence-corrected chi connectivity index (χ0v) is 15.5. The summed E-state index contributed by atoms with van der Waals surface area (Å²) in [5.74, 6) is 0.288. The fourth-order valence-corrected chi connectivity index (χ4v) is 2.42. The number of pyridine rings is 1. The highest BCUT2D eigenvalue weighted by Gasteiger charge is 1.99. The van der Waals surface area contributed by atoms with E-state index in [2.05, 4.69) is 20.6 Å². The predicted molar refractivity (Wildman–Crippen MR) is 109 cm³/mol. The van der Waals surface area contributed by atoms with Gasteiger partial charge in [0.2, 0.25) is 0 Å². The molecule has 1 aromatic carbocycles. The molecule has 0 aliphatic rings. The minimum absolute atomic E-state index is 0.288. The van der Waals surface area contributed by atoms with Gasteiger partial charge in [0.1, 0.15) is 0 Å². The lowest BCUT2D eigenvalue weighted by atomic mass is 10.2. The minimum atomic E-state index is 0.288. The van der Waals surface area contributed by atoms with Crippen molar-refractivity contribution in [2.45, 2.75) is 19.4 Å². The monoisotopic (exact) mass is 371 g/mol. The highest BCUT2D eigenvalue weighted by Crippen LogP contribution is 2.00. The Labute approximate surface area is 159 Å². The molecule has 0 saturated heterocycles. The third-order valence-corrected chi connectivity index (χ3v) is 3.74. The normalized spacial score (nSPS) is 11.2. The second-order valence-corrected chi connectivity index (χ2v) is 6.02. The van der Waals surface area contributed by atoms with Gasteiger partial charge in [-0.15, -0.1) is 0 Å². The predicted octanol–water partition coefficient (Wildman–Crippen LogP) is 2.01. The van der Waals surface area contributed by atoms with Crippen LogP contribution in [-0.4, -0.2) is 35.8 Å². The van der Waals surface area contributed by atoms with Gasteiger partial charge < -0.3 is 21.1 Å². The van der Waals surface area contributed by atoms with Crippen molar-refractivity contribution in [1.29, 1.82) is 0 Å². The van der Waals surface area contributed by atoms with Crippen LogP contribution in [-0.2, 0) is 17.8 Å². The van der Waals surface area contributed by atoms with Crippen LogP contribution in [0.3, 0.4) is 0 Å². The molecule has 0 spiro atoms. The summed E-state index contributed by atoms with van der Waals surface area (Å²) in [4.78, 5) is 8.48. The van der Waals surface area contributed by atoms with Crippen molar-refractivity contribution >= 4 is 23.3 Å². The molecule has 0 saturated carbocycles. The number of aromatic nitrogens is 1. The SMILES string of the molecule is NC(=NCCOCc1ccccc1)NC(=S)NCCCc1ccccn1. The van der Waals surface area contributed by atoms with Gasteiger partial charge >= 0.3 is 0 Å². The van der Waals surface area contributed by atoms with Crippen molar-refractivity contribution in [3.8, 4) is 0 Å². The number of thiocarbonyl (C=S) groups is 1. The minimum Gasteiger partial charge on any atom is -0.375 e. The molecule has 0 fully saturated rings. The first-order valence-electron chi connectivity index (χ1n) is 8.60. The number of nitrogens with two attached hydrogens (primary N) is 1. The number of nitrogens with zero attached hydrogens (tertiary/aromatic N) is 2. The van der Waals surface area contributed by atoms with Crippen LogP contribution in [0.25, 0.3) is 0 Å². The molecule has 1 aromatic heterocycles. The van der Waals surface area contributed by atoms with Gasteiger partial charge in [0.05, 0.1) is 19.8 Å². The number of hydrogen-bond acceptors (Lipinski definition) is 4. The number of benzene rings is 1. The maximum Gasteiger partial charge on any atom is 0.194 e. The van der Waals surface area contributed by atoms with Gasteiger partial charge in [0, 0.05) is 18.4 Å². The molecule has 1 heterocycles. The van der Waals surface area contributed by atoms with E-state index in [1.54, 1.807) is 6.20 Å². The highest BCUT2D eigenvalue weighted by atomic mass is 32.1. The average Bonchev–Trinajstić information content (AvgIpc) is 2.66. The van der Waals surface area contributed by atoms with Crippen molar-refractivity contribution in [1.82, 2.24) is 15.6 Å². The van der Waals surface area contributed by atoms with Crippen LogP contribution in [0.2, 0.25) is 0 Å². The summed E-state index contributed by atoms with van der Waals surface area (Å²) in [6, 6.07) is 15.9. The molecule has 2 rings (SSSR count). The summed E-state index contributed by atoms with van der Waals surface area (Å²) in [7, 11) is 0. The molecule has 0 amide bonds. The molecule has 4 N–H and O–H groups in total. The topological polar surface area (TPSA) is 84.6 Å². The largest absolute Gasteiger partial charge is 0.375 e. The van der Waals surface area contributed by atoms with E-state index in [1.807, 2.05) is 48.5 Å². The molecule has 2 aromatic rings. The maximum atomic E-state index is 5.81. The Morgan fingerprint density at radius 2 is 1.96 bits per heavy atom. The van der Waals surface area contributed by atoms with E-state index < -0.39 is 0 Å². The molecular formula is C19H25N5OS. The summed E-state index contributed by atoms with van der Waals surface area (Å²) in [6.07, 6.45) is 3.64.